The third kappa shape index (κ3) is 7.25. The number of piperazine rings is 1. The van der Waals surface area contributed by atoms with Crippen LogP contribution in [0.15, 0.2) is 0 Å². The van der Waals surface area contributed by atoms with Crippen molar-refractivity contribution in [2.24, 2.45) is 0 Å². The third-order valence-corrected chi connectivity index (χ3v) is 5.32. The molecular formula is C18H31N3O4S. The molecule has 2 rings (SSSR count). The lowest BCUT2D eigenvalue weighted by Gasteiger charge is -2.36. The lowest BCUT2D eigenvalue weighted by molar-refractivity contribution is -0.140. The molecule has 2 aliphatic heterocycles. The third-order valence-electron chi connectivity index (χ3n) is 4.97. The van der Waals surface area contributed by atoms with Gasteiger partial charge in [0.1, 0.15) is 5.78 Å². The van der Waals surface area contributed by atoms with Crippen LogP contribution in [-0.4, -0.2) is 97.1 Å². The fraction of sp³-hybridized carbons (Fsp3) is 0.833. The number of nitrogens with zero attached hydrogens (tertiary/aromatic N) is 3. The van der Waals surface area contributed by atoms with Crippen molar-refractivity contribution in [1.82, 2.24) is 14.7 Å². The molecule has 2 heterocycles. The van der Waals surface area contributed by atoms with E-state index >= 15 is 0 Å². The van der Waals surface area contributed by atoms with Crippen molar-refractivity contribution in [3.8, 4) is 0 Å². The van der Waals surface area contributed by atoms with Gasteiger partial charge in [0.15, 0.2) is 0 Å². The average molecular weight is 386 g/mol. The van der Waals surface area contributed by atoms with E-state index in [1.54, 1.807) is 0 Å². The SMILES string of the molecule is O=C(CS)CCCCCC(=O)N1CCN(C(=O)CN2CCOCC2)CC1. The summed E-state index contributed by atoms with van der Waals surface area (Å²) in [4.78, 5) is 41.7. The van der Waals surface area contributed by atoms with Crippen LogP contribution in [0.2, 0.25) is 0 Å². The molecule has 0 radical (unpaired) electrons. The second-order valence-corrected chi connectivity index (χ2v) is 7.22. The predicted octanol–water partition coefficient (Wildman–Crippen LogP) is 0.439. The van der Waals surface area contributed by atoms with Crippen molar-refractivity contribution < 1.29 is 19.1 Å². The number of morpholine rings is 1. The van der Waals surface area contributed by atoms with Gasteiger partial charge in [0, 0.05) is 57.9 Å². The van der Waals surface area contributed by atoms with E-state index in [0.717, 1.165) is 32.4 Å². The zero-order valence-corrected chi connectivity index (χ0v) is 16.4. The molecule has 2 saturated heterocycles. The first-order valence-electron chi connectivity index (χ1n) is 9.58. The smallest absolute Gasteiger partial charge is 0.236 e. The number of thiol groups is 1. The van der Waals surface area contributed by atoms with E-state index in [-0.39, 0.29) is 17.6 Å². The topological polar surface area (TPSA) is 70.2 Å². The molecule has 0 unspecified atom stereocenters. The second kappa shape index (κ2) is 11.6. The maximum Gasteiger partial charge on any atom is 0.236 e. The maximum absolute atomic E-state index is 12.4. The van der Waals surface area contributed by atoms with E-state index in [1.807, 2.05) is 9.80 Å². The molecule has 0 aromatic carbocycles. The van der Waals surface area contributed by atoms with Gasteiger partial charge in [0.2, 0.25) is 11.8 Å². The monoisotopic (exact) mass is 385 g/mol. The minimum atomic E-state index is 0.146. The Kier molecular flexibility index (Phi) is 9.42. The van der Waals surface area contributed by atoms with Gasteiger partial charge in [-0.3, -0.25) is 19.3 Å². The Morgan fingerprint density at radius 2 is 1.35 bits per heavy atom. The van der Waals surface area contributed by atoms with Crippen molar-refractivity contribution in [3.05, 3.63) is 0 Å². The molecule has 148 valence electrons. The van der Waals surface area contributed by atoms with Crippen molar-refractivity contribution in [2.45, 2.75) is 32.1 Å². The van der Waals surface area contributed by atoms with E-state index in [2.05, 4.69) is 17.5 Å². The first-order chi connectivity index (χ1) is 12.6. The summed E-state index contributed by atoms with van der Waals surface area (Å²) in [6, 6.07) is 0. The van der Waals surface area contributed by atoms with Gasteiger partial charge in [-0.05, 0) is 12.8 Å². The van der Waals surface area contributed by atoms with Crippen LogP contribution in [0.1, 0.15) is 32.1 Å². The molecule has 7 nitrogen and oxygen atoms in total. The first-order valence-corrected chi connectivity index (χ1v) is 10.2. The van der Waals surface area contributed by atoms with Gasteiger partial charge in [-0.25, -0.2) is 0 Å². The molecule has 0 N–H and O–H groups in total. The van der Waals surface area contributed by atoms with Crippen molar-refractivity contribution in [3.63, 3.8) is 0 Å². The molecule has 0 saturated carbocycles. The van der Waals surface area contributed by atoms with Crippen LogP contribution in [0.25, 0.3) is 0 Å². The van der Waals surface area contributed by atoms with Crippen LogP contribution >= 0.6 is 12.6 Å². The Labute approximate surface area is 161 Å². The fourth-order valence-electron chi connectivity index (χ4n) is 3.27. The molecule has 0 aliphatic carbocycles. The number of amides is 2. The zero-order chi connectivity index (χ0) is 18.8. The average Bonchev–Trinajstić information content (AvgIpc) is 2.68. The van der Waals surface area contributed by atoms with Gasteiger partial charge in [0.25, 0.3) is 0 Å². The van der Waals surface area contributed by atoms with Gasteiger partial charge >= 0.3 is 0 Å². The highest BCUT2D eigenvalue weighted by atomic mass is 32.1. The number of unbranched alkanes of at least 4 members (excludes halogenated alkanes) is 2. The normalized spacial score (nSPS) is 18.8. The standard InChI is InChI=1S/C18H31N3O4S/c22-16(15-26)4-2-1-3-5-17(23)20-6-8-21(9-7-20)18(24)14-19-10-12-25-13-11-19/h26H,1-15H2. The van der Waals surface area contributed by atoms with Crippen molar-refractivity contribution >= 4 is 30.2 Å². The number of carbonyl (C=O) groups is 3. The maximum atomic E-state index is 12.4. The number of ketones is 1. The molecule has 2 fully saturated rings. The molecule has 0 bridgehead atoms. The Balaban J connectivity index is 1.58. The Morgan fingerprint density at radius 3 is 1.96 bits per heavy atom. The zero-order valence-electron chi connectivity index (χ0n) is 15.5. The summed E-state index contributed by atoms with van der Waals surface area (Å²) in [7, 11) is 0. The minimum Gasteiger partial charge on any atom is -0.379 e. The number of hydrogen-bond acceptors (Lipinski definition) is 6. The van der Waals surface area contributed by atoms with Crippen molar-refractivity contribution in [2.75, 3.05) is 64.8 Å². The van der Waals surface area contributed by atoms with Gasteiger partial charge in [-0.15, -0.1) is 0 Å². The number of hydrogen-bond donors (Lipinski definition) is 1. The Hall–Kier alpha value is -1.12. The number of Topliss-reactive ketones (excluding diaryl/α,β-unsaturated/α-hetero) is 1. The van der Waals surface area contributed by atoms with E-state index in [9.17, 15) is 14.4 Å². The van der Waals surface area contributed by atoms with E-state index in [0.29, 0.717) is 64.5 Å². The first kappa shape index (κ1) is 21.2. The summed E-state index contributed by atoms with van der Waals surface area (Å²) in [6.07, 6.45) is 3.62. The predicted molar refractivity (Wildman–Crippen MR) is 102 cm³/mol. The van der Waals surface area contributed by atoms with Gasteiger partial charge in [-0.1, -0.05) is 6.42 Å². The summed E-state index contributed by atoms with van der Waals surface area (Å²) < 4.78 is 5.30. The lowest BCUT2D eigenvalue weighted by Crippen LogP contribution is -2.53. The van der Waals surface area contributed by atoms with Gasteiger partial charge < -0.3 is 14.5 Å². The quantitative estimate of drug-likeness (QED) is 0.461. The Bertz CT molecular complexity index is 475. The van der Waals surface area contributed by atoms with Crippen LogP contribution in [-0.2, 0) is 19.1 Å². The summed E-state index contributed by atoms with van der Waals surface area (Å²) in [5.41, 5.74) is 0. The van der Waals surface area contributed by atoms with E-state index in [1.165, 1.54) is 0 Å². The highest BCUT2D eigenvalue weighted by molar-refractivity contribution is 7.81. The van der Waals surface area contributed by atoms with Crippen molar-refractivity contribution in [1.29, 1.82) is 0 Å². The molecule has 8 heteroatoms. The summed E-state index contributed by atoms with van der Waals surface area (Å²) in [5.74, 6) is 0.768. The van der Waals surface area contributed by atoms with Crippen LogP contribution in [0.4, 0.5) is 0 Å². The molecule has 0 aromatic heterocycles. The number of rotatable bonds is 9. The molecule has 0 atom stereocenters. The molecule has 2 aliphatic rings. The van der Waals surface area contributed by atoms with E-state index < -0.39 is 0 Å². The van der Waals surface area contributed by atoms with Crippen LogP contribution < -0.4 is 0 Å². The molecule has 0 spiro atoms. The molecular weight excluding hydrogens is 354 g/mol. The summed E-state index contributed by atoms with van der Waals surface area (Å²) >= 11 is 3.95. The summed E-state index contributed by atoms with van der Waals surface area (Å²) in [5, 5.41) is 0. The highest BCUT2D eigenvalue weighted by Crippen LogP contribution is 2.10. The molecule has 26 heavy (non-hydrogen) atoms. The Morgan fingerprint density at radius 1 is 0.769 bits per heavy atom. The second-order valence-electron chi connectivity index (χ2n) is 6.91. The number of ether oxygens (including phenoxy) is 1. The number of carbonyl (C=O) groups excluding carboxylic acids is 3. The van der Waals surface area contributed by atoms with Gasteiger partial charge in [-0.2, -0.15) is 12.6 Å². The van der Waals surface area contributed by atoms with Crippen LogP contribution in [0.5, 0.6) is 0 Å². The summed E-state index contributed by atoms with van der Waals surface area (Å²) in [6.45, 7) is 5.92. The largest absolute Gasteiger partial charge is 0.379 e. The minimum absolute atomic E-state index is 0.146. The molecule has 0 aromatic rings. The fourth-order valence-corrected chi connectivity index (χ4v) is 3.43. The highest BCUT2D eigenvalue weighted by Gasteiger charge is 2.25. The van der Waals surface area contributed by atoms with E-state index in [4.69, 9.17) is 4.74 Å². The van der Waals surface area contributed by atoms with Crippen LogP contribution in [0, 0.1) is 0 Å². The van der Waals surface area contributed by atoms with Gasteiger partial charge in [0.05, 0.1) is 19.8 Å². The van der Waals surface area contributed by atoms with Crippen LogP contribution in [0.3, 0.4) is 0 Å². The lowest BCUT2D eigenvalue weighted by atomic mass is 10.1. The molecule has 2 amide bonds.